The first-order chi connectivity index (χ1) is 15.4. The lowest BCUT2D eigenvalue weighted by atomic mass is 10.2. The Balaban J connectivity index is 1.58. The predicted molar refractivity (Wildman–Crippen MR) is 126 cm³/mol. The summed E-state index contributed by atoms with van der Waals surface area (Å²) in [5.74, 6) is 0.815. The number of sulfonamides is 1. The van der Waals surface area contributed by atoms with Gasteiger partial charge in [0.1, 0.15) is 5.82 Å². The van der Waals surface area contributed by atoms with Gasteiger partial charge in [-0.25, -0.2) is 18.1 Å². The molecule has 0 saturated carbocycles. The van der Waals surface area contributed by atoms with Crippen molar-refractivity contribution in [2.75, 3.05) is 50.7 Å². The molecule has 8 nitrogen and oxygen atoms in total. The summed E-state index contributed by atoms with van der Waals surface area (Å²) >= 11 is 0. The van der Waals surface area contributed by atoms with Gasteiger partial charge in [-0.05, 0) is 56.3 Å². The smallest absolute Gasteiger partial charge is 0.253 e. The van der Waals surface area contributed by atoms with E-state index >= 15 is 0 Å². The van der Waals surface area contributed by atoms with Gasteiger partial charge in [0.05, 0.1) is 4.90 Å². The Hall–Kier alpha value is -2.49. The molecule has 1 N–H and O–H groups in total. The van der Waals surface area contributed by atoms with E-state index in [-0.39, 0.29) is 17.3 Å². The van der Waals surface area contributed by atoms with Gasteiger partial charge >= 0.3 is 0 Å². The number of pyridine rings is 1. The van der Waals surface area contributed by atoms with E-state index in [0.29, 0.717) is 18.7 Å². The first kappa shape index (κ1) is 24.2. The van der Waals surface area contributed by atoms with E-state index in [2.05, 4.69) is 26.4 Å². The van der Waals surface area contributed by atoms with Crippen molar-refractivity contribution in [3.63, 3.8) is 0 Å². The number of hydrogen-bond acceptors (Lipinski definition) is 6. The number of nitrogens with zero attached hydrogens (tertiary/aromatic N) is 4. The Labute approximate surface area is 191 Å². The highest BCUT2D eigenvalue weighted by Gasteiger charge is 2.18. The molecular formula is C23H33N5O3S. The average Bonchev–Trinajstić information content (AvgIpc) is 2.84. The molecule has 0 spiro atoms. The molecule has 2 heterocycles. The second kappa shape index (κ2) is 10.9. The molecule has 1 saturated heterocycles. The van der Waals surface area contributed by atoms with Gasteiger partial charge in [-0.1, -0.05) is 13.0 Å². The summed E-state index contributed by atoms with van der Waals surface area (Å²) in [4.78, 5) is 23.4. The molecule has 2 aromatic rings. The molecule has 3 rings (SSSR count). The number of benzene rings is 1. The van der Waals surface area contributed by atoms with E-state index in [4.69, 9.17) is 0 Å². The number of nitrogens with one attached hydrogen (secondary N) is 1. The maximum Gasteiger partial charge on any atom is 0.253 e. The van der Waals surface area contributed by atoms with Gasteiger partial charge in [-0.2, -0.15) is 0 Å². The fraction of sp³-hybridized carbons (Fsp3) is 0.478. The van der Waals surface area contributed by atoms with E-state index in [0.717, 1.165) is 44.1 Å². The molecule has 1 aliphatic heterocycles. The molecule has 32 heavy (non-hydrogen) atoms. The Morgan fingerprint density at radius 2 is 1.66 bits per heavy atom. The lowest BCUT2D eigenvalue weighted by Crippen LogP contribution is -2.46. The molecule has 9 heteroatoms. The quantitative estimate of drug-likeness (QED) is 0.619. The van der Waals surface area contributed by atoms with E-state index in [1.165, 1.54) is 12.1 Å². The number of likely N-dealkylation sites (N-methyl/N-ethyl adjacent to an activating group) is 1. The zero-order valence-electron chi connectivity index (χ0n) is 19.1. The number of anilines is 1. The van der Waals surface area contributed by atoms with Crippen LogP contribution in [0.1, 0.15) is 36.7 Å². The summed E-state index contributed by atoms with van der Waals surface area (Å²) in [5, 5.41) is 0. The minimum atomic E-state index is -3.69. The summed E-state index contributed by atoms with van der Waals surface area (Å²) in [6, 6.07) is 9.90. The minimum absolute atomic E-state index is 0.103. The van der Waals surface area contributed by atoms with Crippen LogP contribution in [-0.2, 0) is 16.6 Å². The minimum Gasteiger partial charge on any atom is -0.354 e. The third-order valence-electron chi connectivity index (χ3n) is 5.88. The van der Waals surface area contributed by atoms with E-state index in [1.807, 2.05) is 26.0 Å². The molecule has 0 unspecified atom stereocenters. The normalized spacial score (nSPS) is 15.0. The fourth-order valence-corrected chi connectivity index (χ4v) is 4.75. The first-order valence-electron chi connectivity index (χ1n) is 11.2. The molecule has 1 aliphatic rings. The standard InChI is InChI=1S/C23H33N5O3S/c1-4-26-13-15-28(16-14-26)22-12-7-19(17-24-22)18-25-32(30,31)21-10-8-20(9-11-21)23(29)27(5-2)6-3/h7-12,17,25H,4-6,13-16,18H2,1-3H3. The molecule has 1 fully saturated rings. The Morgan fingerprint density at radius 3 is 2.19 bits per heavy atom. The predicted octanol–water partition coefficient (Wildman–Crippen LogP) is 2.18. The van der Waals surface area contributed by atoms with E-state index in [9.17, 15) is 13.2 Å². The molecule has 1 amide bonds. The van der Waals surface area contributed by atoms with E-state index < -0.39 is 10.0 Å². The SMILES string of the molecule is CCN1CCN(c2ccc(CNS(=O)(=O)c3ccc(C(=O)N(CC)CC)cc3)cn2)CC1. The Morgan fingerprint density at radius 1 is 1.00 bits per heavy atom. The van der Waals surface area contributed by atoms with Crippen molar-refractivity contribution in [2.24, 2.45) is 0 Å². The Bertz CT molecular complexity index is 981. The van der Waals surface area contributed by atoms with Crippen molar-refractivity contribution >= 4 is 21.7 Å². The first-order valence-corrected chi connectivity index (χ1v) is 12.7. The van der Waals surface area contributed by atoms with Crippen molar-refractivity contribution in [2.45, 2.75) is 32.2 Å². The van der Waals surface area contributed by atoms with Crippen LogP contribution < -0.4 is 9.62 Å². The summed E-state index contributed by atoms with van der Waals surface area (Å²) in [6.45, 7) is 12.4. The third kappa shape index (κ3) is 5.85. The van der Waals surface area contributed by atoms with Gasteiger partial charge < -0.3 is 14.7 Å². The molecule has 0 bridgehead atoms. The largest absolute Gasteiger partial charge is 0.354 e. The molecule has 1 aromatic heterocycles. The van der Waals surface area contributed by atoms with Gasteiger partial charge in [-0.3, -0.25) is 4.79 Å². The van der Waals surface area contributed by atoms with Gasteiger partial charge in [0.25, 0.3) is 5.91 Å². The highest BCUT2D eigenvalue weighted by Crippen LogP contribution is 2.16. The number of amides is 1. The zero-order valence-corrected chi connectivity index (χ0v) is 19.9. The second-order valence-corrected chi connectivity index (χ2v) is 9.54. The van der Waals surface area contributed by atoms with Gasteiger partial charge in [0, 0.05) is 57.6 Å². The topological polar surface area (TPSA) is 85.8 Å². The lowest BCUT2D eigenvalue weighted by Gasteiger charge is -2.34. The molecular weight excluding hydrogens is 426 g/mol. The van der Waals surface area contributed by atoms with Crippen LogP contribution in [0.5, 0.6) is 0 Å². The maximum atomic E-state index is 12.7. The fourth-order valence-electron chi connectivity index (χ4n) is 3.73. The number of hydrogen-bond donors (Lipinski definition) is 1. The Kier molecular flexibility index (Phi) is 8.22. The van der Waals surface area contributed by atoms with Crippen molar-refractivity contribution < 1.29 is 13.2 Å². The van der Waals surface area contributed by atoms with Crippen molar-refractivity contribution in [3.05, 3.63) is 53.7 Å². The zero-order chi connectivity index (χ0) is 23.1. The van der Waals surface area contributed by atoms with Gasteiger partial charge in [-0.15, -0.1) is 0 Å². The average molecular weight is 460 g/mol. The molecule has 1 aromatic carbocycles. The monoisotopic (exact) mass is 459 g/mol. The van der Waals surface area contributed by atoms with Crippen LogP contribution in [0.25, 0.3) is 0 Å². The summed E-state index contributed by atoms with van der Waals surface area (Å²) in [6.07, 6.45) is 1.72. The van der Waals surface area contributed by atoms with Crippen LogP contribution in [0, 0.1) is 0 Å². The number of rotatable bonds is 9. The summed E-state index contributed by atoms with van der Waals surface area (Å²) in [7, 11) is -3.69. The molecule has 174 valence electrons. The number of carbonyl (C=O) groups is 1. The highest BCUT2D eigenvalue weighted by atomic mass is 32.2. The van der Waals surface area contributed by atoms with Crippen LogP contribution in [0.2, 0.25) is 0 Å². The van der Waals surface area contributed by atoms with Crippen molar-refractivity contribution in [1.82, 2.24) is 19.5 Å². The number of carbonyl (C=O) groups excluding carboxylic acids is 1. The number of aromatic nitrogens is 1. The van der Waals surface area contributed by atoms with Gasteiger partial charge in [0.2, 0.25) is 10.0 Å². The van der Waals surface area contributed by atoms with Crippen LogP contribution in [0.3, 0.4) is 0 Å². The number of piperazine rings is 1. The van der Waals surface area contributed by atoms with Gasteiger partial charge in [0.15, 0.2) is 0 Å². The maximum absolute atomic E-state index is 12.7. The van der Waals surface area contributed by atoms with Crippen LogP contribution in [0.4, 0.5) is 5.82 Å². The van der Waals surface area contributed by atoms with Crippen molar-refractivity contribution in [3.8, 4) is 0 Å². The lowest BCUT2D eigenvalue weighted by molar-refractivity contribution is 0.0773. The highest BCUT2D eigenvalue weighted by molar-refractivity contribution is 7.89. The molecule has 0 radical (unpaired) electrons. The molecule has 0 atom stereocenters. The van der Waals surface area contributed by atoms with Crippen LogP contribution >= 0.6 is 0 Å². The summed E-state index contributed by atoms with van der Waals surface area (Å²) in [5.41, 5.74) is 1.27. The van der Waals surface area contributed by atoms with Crippen LogP contribution in [0.15, 0.2) is 47.5 Å². The second-order valence-electron chi connectivity index (χ2n) is 7.77. The van der Waals surface area contributed by atoms with Crippen molar-refractivity contribution in [1.29, 1.82) is 0 Å². The van der Waals surface area contributed by atoms with E-state index in [1.54, 1.807) is 23.2 Å². The molecule has 0 aliphatic carbocycles. The summed E-state index contributed by atoms with van der Waals surface area (Å²) < 4.78 is 27.9. The third-order valence-corrected chi connectivity index (χ3v) is 7.30. The van der Waals surface area contributed by atoms with Crippen LogP contribution in [-0.4, -0.2) is 74.9 Å².